The normalized spacial score (nSPS) is 11.7. The fourth-order valence-electron chi connectivity index (χ4n) is 2.15. The molecule has 2 aromatic rings. The van der Waals surface area contributed by atoms with Gasteiger partial charge in [0, 0.05) is 35.6 Å². The van der Waals surface area contributed by atoms with Crippen LogP contribution in [0.2, 0.25) is 0 Å². The molecule has 2 aromatic heterocycles. The topological polar surface area (TPSA) is 74.2 Å². The molecule has 0 saturated heterocycles. The van der Waals surface area contributed by atoms with E-state index in [1.807, 2.05) is 6.92 Å². The maximum absolute atomic E-state index is 12.6. The quantitative estimate of drug-likeness (QED) is 0.210. The summed E-state index contributed by atoms with van der Waals surface area (Å²) in [5.74, 6) is 0.593. The zero-order valence-corrected chi connectivity index (χ0v) is 18.8. The van der Waals surface area contributed by atoms with Gasteiger partial charge in [-0.15, -0.1) is 35.3 Å². The van der Waals surface area contributed by atoms with Crippen molar-refractivity contribution >= 4 is 47.2 Å². The molecular formula is C17H24F3IN6S. The van der Waals surface area contributed by atoms with E-state index >= 15 is 0 Å². The number of aliphatic imine (C=N–C) groups is 1. The Bertz CT molecular complexity index is 750. The van der Waals surface area contributed by atoms with Gasteiger partial charge in [0.15, 0.2) is 5.96 Å². The summed E-state index contributed by atoms with van der Waals surface area (Å²) >= 11 is 1.74. The average Bonchev–Trinajstić information content (AvgIpc) is 3.11. The van der Waals surface area contributed by atoms with E-state index in [0.717, 1.165) is 18.7 Å². The highest BCUT2D eigenvalue weighted by Crippen LogP contribution is 2.27. The van der Waals surface area contributed by atoms with Crippen LogP contribution in [-0.4, -0.2) is 35.6 Å². The molecule has 0 aliphatic carbocycles. The summed E-state index contributed by atoms with van der Waals surface area (Å²) in [5, 5.41) is 9.04. The molecule has 28 heavy (non-hydrogen) atoms. The van der Waals surface area contributed by atoms with Crippen LogP contribution >= 0.6 is 35.3 Å². The van der Waals surface area contributed by atoms with Crippen molar-refractivity contribution in [1.29, 1.82) is 0 Å². The minimum absolute atomic E-state index is 0. The van der Waals surface area contributed by atoms with Gasteiger partial charge in [-0.05, 0) is 31.5 Å². The van der Waals surface area contributed by atoms with Crippen LogP contribution in [-0.2, 0) is 19.1 Å². The summed E-state index contributed by atoms with van der Waals surface area (Å²) in [6.45, 7) is 6.17. The third-order valence-corrected chi connectivity index (χ3v) is 4.66. The molecule has 0 spiro atoms. The Kier molecular flexibility index (Phi) is 10.5. The first-order valence-electron chi connectivity index (χ1n) is 8.66. The molecular weight excluding hydrogens is 504 g/mol. The fourth-order valence-corrected chi connectivity index (χ4v) is 3.04. The number of hydrogen-bond donors (Lipinski definition) is 3. The van der Waals surface area contributed by atoms with Gasteiger partial charge in [-0.2, -0.15) is 13.2 Å². The van der Waals surface area contributed by atoms with Crippen molar-refractivity contribution in [3.8, 4) is 0 Å². The van der Waals surface area contributed by atoms with Gasteiger partial charge < -0.3 is 16.0 Å². The lowest BCUT2D eigenvalue weighted by Crippen LogP contribution is -2.39. The van der Waals surface area contributed by atoms with Gasteiger partial charge in [0.25, 0.3) is 0 Å². The largest absolute Gasteiger partial charge is 0.433 e. The first kappa shape index (κ1) is 24.4. The van der Waals surface area contributed by atoms with Crippen molar-refractivity contribution in [3.05, 3.63) is 39.8 Å². The van der Waals surface area contributed by atoms with Gasteiger partial charge in [0.05, 0.1) is 6.54 Å². The van der Waals surface area contributed by atoms with Crippen molar-refractivity contribution in [2.24, 2.45) is 4.99 Å². The lowest BCUT2D eigenvalue weighted by molar-refractivity contribution is -0.141. The van der Waals surface area contributed by atoms with Crippen LogP contribution in [0.25, 0.3) is 0 Å². The number of anilines is 1. The smallest absolute Gasteiger partial charge is 0.357 e. The number of alkyl halides is 3. The average molecular weight is 528 g/mol. The summed E-state index contributed by atoms with van der Waals surface area (Å²) in [6, 6.07) is 5.02. The monoisotopic (exact) mass is 528 g/mol. The van der Waals surface area contributed by atoms with Crippen LogP contribution in [0.1, 0.15) is 29.3 Å². The summed E-state index contributed by atoms with van der Waals surface area (Å²) < 4.78 is 37.9. The highest BCUT2D eigenvalue weighted by Gasteiger charge is 2.32. The minimum Gasteiger partial charge on any atom is -0.357 e. The zero-order valence-electron chi connectivity index (χ0n) is 15.6. The van der Waals surface area contributed by atoms with Crippen molar-refractivity contribution < 1.29 is 13.2 Å². The highest BCUT2D eigenvalue weighted by atomic mass is 127. The molecule has 0 aliphatic rings. The first-order valence-corrected chi connectivity index (χ1v) is 9.48. The lowest BCUT2D eigenvalue weighted by atomic mass is 10.4. The molecule has 0 aromatic carbocycles. The highest BCUT2D eigenvalue weighted by molar-refractivity contribution is 14.0. The maximum atomic E-state index is 12.6. The number of guanidine groups is 1. The predicted octanol–water partition coefficient (Wildman–Crippen LogP) is 3.90. The van der Waals surface area contributed by atoms with E-state index in [-0.39, 0.29) is 29.9 Å². The Balaban J connectivity index is 0.00000392. The van der Waals surface area contributed by atoms with E-state index in [4.69, 9.17) is 0 Å². The van der Waals surface area contributed by atoms with Gasteiger partial charge >= 0.3 is 6.18 Å². The molecule has 0 radical (unpaired) electrons. The van der Waals surface area contributed by atoms with Crippen LogP contribution in [0.3, 0.4) is 0 Å². The summed E-state index contributed by atoms with van der Waals surface area (Å²) in [4.78, 5) is 14.3. The molecule has 2 heterocycles. The standard InChI is InChI=1S/C17H23F3N6S.HI/c1-3-12-5-6-13(27-12)11-25-15(21-4-2)23-9-10-24-16-22-8-7-14(26-16)17(18,19)20;/h5-8H,3-4,9-11H2,1-2H3,(H2,21,23,25)(H,22,24,26);1H. The van der Waals surface area contributed by atoms with Gasteiger partial charge in [-0.25, -0.2) is 15.0 Å². The molecule has 6 nitrogen and oxygen atoms in total. The number of aromatic nitrogens is 2. The van der Waals surface area contributed by atoms with E-state index in [1.165, 1.54) is 9.75 Å². The minimum atomic E-state index is -4.48. The van der Waals surface area contributed by atoms with Crippen LogP contribution in [0.15, 0.2) is 29.4 Å². The summed E-state index contributed by atoms with van der Waals surface area (Å²) in [6.07, 6.45) is -2.39. The van der Waals surface area contributed by atoms with E-state index in [9.17, 15) is 13.2 Å². The molecule has 0 unspecified atom stereocenters. The van der Waals surface area contributed by atoms with Crippen molar-refractivity contribution in [2.75, 3.05) is 25.0 Å². The Morgan fingerprint density at radius 1 is 1.11 bits per heavy atom. The molecule has 156 valence electrons. The molecule has 0 bridgehead atoms. The molecule has 0 aliphatic heterocycles. The molecule has 2 rings (SSSR count). The van der Waals surface area contributed by atoms with E-state index < -0.39 is 11.9 Å². The summed E-state index contributed by atoms with van der Waals surface area (Å²) in [5.41, 5.74) is -0.967. The second-order valence-electron chi connectivity index (χ2n) is 5.53. The van der Waals surface area contributed by atoms with E-state index in [2.05, 4.69) is 50.0 Å². The Labute approximate surface area is 183 Å². The molecule has 0 amide bonds. The van der Waals surface area contributed by atoms with Crippen LogP contribution in [0.5, 0.6) is 0 Å². The van der Waals surface area contributed by atoms with Gasteiger partial charge in [-0.3, -0.25) is 0 Å². The molecule has 0 saturated carbocycles. The number of nitrogens with one attached hydrogen (secondary N) is 3. The van der Waals surface area contributed by atoms with Crippen LogP contribution in [0.4, 0.5) is 19.1 Å². The second-order valence-corrected chi connectivity index (χ2v) is 6.79. The van der Waals surface area contributed by atoms with E-state index in [1.54, 1.807) is 11.3 Å². The predicted molar refractivity (Wildman–Crippen MR) is 117 cm³/mol. The fraction of sp³-hybridized carbons (Fsp3) is 0.471. The molecule has 0 atom stereocenters. The Morgan fingerprint density at radius 3 is 2.50 bits per heavy atom. The number of halogens is 4. The number of thiophene rings is 1. The lowest BCUT2D eigenvalue weighted by Gasteiger charge is -2.12. The number of hydrogen-bond acceptors (Lipinski definition) is 5. The van der Waals surface area contributed by atoms with Crippen LogP contribution < -0.4 is 16.0 Å². The molecule has 11 heteroatoms. The third kappa shape index (κ3) is 8.17. The van der Waals surface area contributed by atoms with Crippen LogP contribution in [0, 0.1) is 0 Å². The zero-order chi connectivity index (χ0) is 19.7. The molecule has 0 fully saturated rings. The van der Waals surface area contributed by atoms with Crippen molar-refractivity contribution in [1.82, 2.24) is 20.6 Å². The van der Waals surface area contributed by atoms with Gasteiger partial charge in [-0.1, -0.05) is 6.92 Å². The number of nitrogens with zero attached hydrogens (tertiary/aromatic N) is 3. The number of aryl methyl sites for hydroxylation is 1. The third-order valence-electron chi connectivity index (χ3n) is 3.45. The molecule has 3 N–H and O–H groups in total. The second kappa shape index (κ2) is 12.0. The Hall–Kier alpha value is -1.63. The van der Waals surface area contributed by atoms with E-state index in [0.29, 0.717) is 32.1 Å². The maximum Gasteiger partial charge on any atom is 0.433 e. The number of rotatable bonds is 8. The Morgan fingerprint density at radius 2 is 1.86 bits per heavy atom. The van der Waals surface area contributed by atoms with Gasteiger partial charge in [0.1, 0.15) is 5.69 Å². The van der Waals surface area contributed by atoms with Crippen molar-refractivity contribution in [3.63, 3.8) is 0 Å². The first-order chi connectivity index (χ1) is 12.9. The SMILES string of the molecule is CCNC(=NCc1ccc(CC)s1)NCCNc1nccc(C(F)(F)F)n1.I. The summed E-state index contributed by atoms with van der Waals surface area (Å²) in [7, 11) is 0. The van der Waals surface area contributed by atoms with Crippen molar-refractivity contribution in [2.45, 2.75) is 33.0 Å². The van der Waals surface area contributed by atoms with Gasteiger partial charge in [0.2, 0.25) is 5.95 Å².